The van der Waals surface area contributed by atoms with Crippen molar-refractivity contribution in [3.8, 4) is 5.88 Å². The van der Waals surface area contributed by atoms with Gasteiger partial charge in [0.25, 0.3) is 0 Å². The molecule has 0 bridgehead atoms. The molecule has 2 aliphatic carbocycles. The average molecular weight is 564 g/mol. The first-order valence-corrected chi connectivity index (χ1v) is 17.7. The molecule has 0 fully saturated rings. The zero-order valence-corrected chi connectivity index (χ0v) is 24.9. The van der Waals surface area contributed by atoms with Gasteiger partial charge in [0.05, 0.1) is 12.7 Å². The maximum Gasteiger partial charge on any atom is 0.331 e. The van der Waals surface area contributed by atoms with Crippen LogP contribution in [-0.2, 0) is 46.9 Å². The summed E-state index contributed by atoms with van der Waals surface area (Å²) in [6.45, 7) is 11.0. The highest BCUT2D eigenvalue weighted by Crippen LogP contribution is 2.42. The van der Waals surface area contributed by atoms with Gasteiger partial charge >= 0.3 is 6.03 Å². The van der Waals surface area contributed by atoms with E-state index in [9.17, 15) is 9.00 Å². The van der Waals surface area contributed by atoms with Gasteiger partial charge in [0, 0.05) is 12.8 Å². The lowest BCUT2D eigenvalue weighted by Crippen LogP contribution is -2.42. The number of carbonyl (C=O) groups excluding carboxylic acids is 1. The van der Waals surface area contributed by atoms with Crippen molar-refractivity contribution in [3.63, 3.8) is 0 Å². The summed E-state index contributed by atoms with van der Waals surface area (Å²) in [5.74, 6) is 0.223. The zero-order chi connectivity index (χ0) is 27.5. The molecule has 2 heterocycles. The molecule has 0 spiro atoms. The van der Waals surface area contributed by atoms with Crippen molar-refractivity contribution in [1.82, 2.24) is 14.5 Å². The van der Waals surface area contributed by atoms with E-state index in [0.29, 0.717) is 54.9 Å². The highest BCUT2D eigenvalue weighted by atomic mass is 32.2. The summed E-state index contributed by atoms with van der Waals surface area (Å²) in [6.07, 6.45) is 5.77. The summed E-state index contributed by atoms with van der Waals surface area (Å²) < 4.78 is 50.4. The van der Waals surface area contributed by atoms with E-state index in [0.717, 1.165) is 24.0 Å². The lowest BCUT2D eigenvalue weighted by molar-refractivity contribution is 0.0165. The number of hydrogen-bond acceptors (Lipinski definition) is 6. The van der Waals surface area contributed by atoms with Crippen LogP contribution in [0.4, 0.5) is 14.9 Å². The number of carbonyl (C=O) groups is 1. The minimum absolute atomic E-state index is 0.106. The number of halogens is 1. The number of hydrogen-bond donors (Lipinski definition) is 2. The molecule has 2 N–H and O–H groups in total. The van der Waals surface area contributed by atoms with Gasteiger partial charge in [-0.15, -0.1) is 0 Å². The van der Waals surface area contributed by atoms with Crippen LogP contribution in [0.5, 0.6) is 5.88 Å². The largest absolute Gasteiger partial charge is 0.474 e. The Balaban J connectivity index is 1.55. The molecular weight excluding hydrogens is 525 g/mol. The van der Waals surface area contributed by atoms with Crippen molar-refractivity contribution in [2.75, 3.05) is 19.0 Å². The van der Waals surface area contributed by atoms with Crippen molar-refractivity contribution in [3.05, 3.63) is 34.3 Å². The van der Waals surface area contributed by atoms with Crippen LogP contribution in [-0.4, -0.2) is 48.1 Å². The Morgan fingerprint density at radius 3 is 2.37 bits per heavy atom. The Bertz CT molecular complexity index is 1370. The summed E-state index contributed by atoms with van der Waals surface area (Å²) >= 11 is 0. The summed E-state index contributed by atoms with van der Waals surface area (Å²) in [7, 11) is -4.40. The number of nitrogens with zero attached hydrogens (tertiary/aromatic N) is 3. The maximum absolute atomic E-state index is 15.1. The predicted molar refractivity (Wildman–Crippen MR) is 147 cm³/mol. The second kappa shape index (κ2) is 9.63. The summed E-state index contributed by atoms with van der Waals surface area (Å²) in [5.41, 5.74) is 3.82. The van der Waals surface area contributed by atoms with E-state index in [1.165, 1.54) is 6.20 Å². The monoisotopic (exact) mass is 563 g/mol. The number of ether oxygens (including phenoxy) is 2. The van der Waals surface area contributed by atoms with E-state index < -0.39 is 24.2 Å². The van der Waals surface area contributed by atoms with Crippen molar-refractivity contribution in [2.45, 2.75) is 95.0 Å². The fourth-order valence-electron chi connectivity index (χ4n) is 5.27. The summed E-state index contributed by atoms with van der Waals surface area (Å²) in [5, 5.41) is 7.14. The van der Waals surface area contributed by atoms with Gasteiger partial charge in [0.15, 0.2) is 18.2 Å². The minimum atomic E-state index is -3.49. The van der Waals surface area contributed by atoms with Crippen LogP contribution in [0, 0.1) is 5.82 Å². The van der Waals surface area contributed by atoms with Crippen LogP contribution in [0.3, 0.4) is 0 Å². The molecule has 0 saturated carbocycles. The third kappa shape index (κ3) is 4.64. The van der Waals surface area contributed by atoms with Crippen LogP contribution >= 0.6 is 0 Å². The number of anilines is 1. The third-order valence-electron chi connectivity index (χ3n) is 8.40. The molecule has 5 rings (SSSR count). The smallest absolute Gasteiger partial charge is 0.331 e. The van der Waals surface area contributed by atoms with E-state index in [-0.39, 0.29) is 28.5 Å². The SMILES string of the molecule is CO[C@@H]1COc2c(S(=O)(=N[Si](C)(C)C(C)(C)C)NC(=O)Nc3c4c(c(F)c5c3CCC5)CCC4)cnn2C1. The Morgan fingerprint density at radius 2 is 1.79 bits per heavy atom. The van der Waals surface area contributed by atoms with E-state index in [1.807, 2.05) is 13.1 Å². The molecule has 9 nitrogen and oxygen atoms in total. The number of nitrogens with one attached hydrogen (secondary N) is 2. The molecule has 2 amide bonds. The number of urea groups is 1. The first-order valence-electron chi connectivity index (χ1n) is 13.3. The molecule has 2 atom stereocenters. The standard InChI is InChI=1S/C26H38FN5O4SSi/c1-26(2,3)38(5,6)31-37(34,21-13-28-32-14-16(35-4)15-36-24(21)32)30-25(33)29-23-19-11-7-9-17(19)22(27)18-10-8-12-20(18)23/h13,16H,7-12,14-15H2,1-6H3,(H2,29,30,31,33,34)/t16-,37?/m0/s1. The third-order valence-corrected chi connectivity index (χ3v) is 16.3. The van der Waals surface area contributed by atoms with Crippen molar-refractivity contribution in [2.24, 2.45) is 4.03 Å². The predicted octanol–water partition coefficient (Wildman–Crippen LogP) is 4.98. The average Bonchev–Trinajstić information content (AvgIpc) is 3.59. The number of rotatable bonds is 5. The van der Waals surface area contributed by atoms with Gasteiger partial charge in [-0.1, -0.05) is 20.8 Å². The lowest BCUT2D eigenvalue weighted by atomic mass is 9.98. The van der Waals surface area contributed by atoms with Crippen molar-refractivity contribution < 1.29 is 22.9 Å². The van der Waals surface area contributed by atoms with E-state index in [2.05, 4.69) is 35.9 Å². The molecule has 1 aromatic carbocycles. The van der Waals surface area contributed by atoms with Crippen LogP contribution in [0.2, 0.25) is 18.1 Å². The van der Waals surface area contributed by atoms with Crippen LogP contribution in [0.25, 0.3) is 0 Å². The molecule has 0 radical (unpaired) electrons. The number of amides is 2. The van der Waals surface area contributed by atoms with E-state index in [4.69, 9.17) is 13.5 Å². The molecule has 0 saturated heterocycles. The molecule has 2 aromatic rings. The van der Waals surface area contributed by atoms with Crippen LogP contribution < -0.4 is 14.8 Å². The first kappa shape index (κ1) is 27.1. The molecule has 1 aliphatic heterocycles. The van der Waals surface area contributed by atoms with Gasteiger partial charge in [-0.25, -0.2) is 22.8 Å². The number of methoxy groups -OCH3 is 1. The van der Waals surface area contributed by atoms with Gasteiger partial charge in [-0.3, -0.25) is 4.03 Å². The van der Waals surface area contributed by atoms with Gasteiger partial charge in [-0.05, 0) is 78.9 Å². The zero-order valence-electron chi connectivity index (χ0n) is 23.1. The maximum atomic E-state index is 15.1. The second-order valence-electron chi connectivity index (χ2n) is 12.0. The number of benzene rings is 1. The number of aromatic nitrogens is 2. The molecular formula is C26H38FN5O4SSi. The quantitative estimate of drug-likeness (QED) is 0.499. The second-order valence-corrected chi connectivity index (χ2v) is 19.0. The minimum Gasteiger partial charge on any atom is -0.474 e. The molecule has 1 aromatic heterocycles. The van der Waals surface area contributed by atoms with Crippen molar-refractivity contribution in [1.29, 1.82) is 0 Å². The Labute approximate surface area is 225 Å². The highest BCUT2D eigenvalue weighted by Gasteiger charge is 2.40. The van der Waals surface area contributed by atoms with Crippen LogP contribution in [0.1, 0.15) is 55.9 Å². The van der Waals surface area contributed by atoms with E-state index >= 15 is 4.39 Å². The molecule has 3 aliphatic rings. The molecule has 1 unspecified atom stereocenters. The van der Waals surface area contributed by atoms with Crippen LogP contribution in [0.15, 0.2) is 15.1 Å². The van der Waals surface area contributed by atoms with Gasteiger partial charge in [0.2, 0.25) is 5.88 Å². The Hall–Kier alpha value is -2.44. The van der Waals surface area contributed by atoms with Crippen molar-refractivity contribution >= 4 is 29.9 Å². The van der Waals surface area contributed by atoms with Gasteiger partial charge in [-0.2, -0.15) is 5.10 Å². The highest BCUT2D eigenvalue weighted by molar-refractivity contribution is 7.93. The summed E-state index contributed by atoms with van der Waals surface area (Å²) in [4.78, 5) is 13.8. The lowest BCUT2D eigenvalue weighted by Gasteiger charge is -2.33. The number of fused-ring (bicyclic) bond motifs is 3. The Kier molecular flexibility index (Phi) is 6.88. The first-order chi connectivity index (χ1) is 17.8. The fraction of sp³-hybridized carbons (Fsp3) is 0.615. The fourth-order valence-corrected chi connectivity index (χ4v) is 10.5. The van der Waals surface area contributed by atoms with Gasteiger partial charge in [0.1, 0.15) is 23.4 Å². The molecule has 12 heteroatoms. The Morgan fingerprint density at radius 1 is 1.18 bits per heavy atom. The van der Waals surface area contributed by atoms with E-state index in [1.54, 1.807) is 11.8 Å². The molecule has 38 heavy (non-hydrogen) atoms. The normalized spacial score (nSPS) is 20.1. The molecule has 208 valence electrons. The topological polar surface area (TPSA) is 107 Å². The summed E-state index contributed by atoms with van der Waals surface area (Å²) in [6, 6.07) is -0.627. The van der Waals surface area contributed by atoms with Gasteiger partial charge < -0.3 is 14.8 Å².